The monoisotopic (exact) mass is 456 g/mol. The van der Waals surface area contributed by atoms with Crippen molar-refractivity contribution in [2.45, 2.75) is 43.6 Å². The molecule has 0 unspecified atom stereocenters. The number of fused-ring (bicyclic) bond motifs is 1. The minimum absolute atomic E-state index is 0.162. The topological polar surface area (TPSA) is 56.2 Å². The van der Waals surface area contributed by atoms with Crippen LogP contribution in [0, 0.1) is 0 Å². The van der Waals surface area contributed by atoms with Crippen molar-refractivity contribution in [3.63, 3.8) is 0 Å². The van der Waals surface area contributed by atoms with Crippen molar-refractivity contribution >= 4 is 5.78 Å². The fourth-order valence-corrected chi connectivity index (χ4v) is 5.40. The normalized spacial score (nSPS) is 16.8. The van der Waals surface area contributed by atoms with Crippen LogP contribution in [-0.2, 0) is 5.54 Å². The second kappa shape index (κ2) is 7.89. The van der Waals surface area contributed by atoms with Crippen molar-refractivity contribution in [3.8, 4) is 33.6 Å². The summed E-state index contributed by atoms with van der Waals surface area (Å²) in [6.45, 7) is 0. The van der Waals surface area contributed by atoms with Crippen LogP contribution in [0.2, 0.25) is 0 Å². The molecule has 3 aromatic carbocycles. The Hall–Kier alpha value is -3.76. The lowest BCUT2D eigenvalue weighted by Gasteiger charge is -2.38. The van der Waals surface area contributed by atoms with E-state index >= 15 is 0 Å². The smallest absolute Gasteiger partial charge is 0.235 e. The minimum atomic E-state index is -0.162. The number of imidazole rings is 1. The second-order valence-corrected chi connectivity index (χ2v) is 10.1. The van der Waals surface area contributed by atoms with Crippen LogP contribution in [0.3, 0.4) is 0 Å². The maximum atomic E-state index is 6.59. The highest BCUT2D eigenvalue weighted by Crippen LogP contribution is 2.45. The molecule has 0 radical (unpaired) electrons. The molecule has 5 aromatic rings. The lowest BCUT2D eigenvalue weighted by Crippen LogP contribution is -2.43. The quantitative estimate of drug-likeness (QED) is 0.311. The molecular weight excluding hydrogens is 428 g/mol. The Morgan fingerprint density at radius 3 is 1.91 bits per heavy atom. The van der Waals surface area contributed by atoms with Gasteiger partial charge in [-0.05, 0) is 43.2 Å². The zero-order valence-electron chi connectivity index (χ0n) is 19.7. The molecule has 2 heterocycles. The van der Waals surface area contributed by atoms with Crippen LogP contribution in [0.25, 0.3) is 39.4 Å². The van der Waals surface area contributed by atoms with Crippen molar-refractivity contribution in [3.05, 3.63) is 102 Å². The van der Waals surface area contributed by atoms with E-state index in [2.05, 4.69) is 95.5 Å². The molecule has 0 bridgehead atoms. The van der Waals surface area contributed by atoms with Gasteiger partial charge in [-0.25, -0.2) is 9.97 Å². The van der Waals surface area contributed by atoms with E-state index < -0.39 is 0 Å². The first-order valence-electron chi connectivity index (χ1n) is 12.6. The summed E-state index contributed by atoms with van der Waals surface area (Å²) < 4.78 is 2.24. The molecule has 2 fully saturated rings. The molecule has 172 valence electrons. The third kappa shape index (κ3) is 3.48. The first kappa shape index (κ1) is 20.6. The molecule has 4 nitrogen and oxygen atoms in total. The summed E-state index contributed by atoms with van der Waals surface area (Å²) in [4.78, 5) is 10.3. The van der Waals surface area contributed by atoms with E-state index in [4.69, 9.17) is 15.7 Å². The van der Waals surface area contributed by atoms with Gasteiger partial charge in [0.15, 0.2) is 0 Å². The Kier molecular flexibility index (Phi) is 4.64. The van der Waals surface area contributed by atoms with Gasteiger partial charge in [-0.3, -0.25) is 4.40 Å². The Morgan fingerprint density at radius 1 is 0.714 bits per heavy atom. The largest absolute Gasteiger partial charge is 0.321 e. The van der Waals surface area contributed by atoms with Gasteiger partial charge in [-0.15, -0.1) is 0 Å². The van der Waals surface area contributed by atoms with Crippen molar-refractivity contribution in [1.29, 1.82) is 0 Å². The van der Waals surface area contributed by atoms with Gasteiger partial charge in [0.05, 0.1) is 17.1 Å². The van der Waals surface area contributed by atoms with Crippen LogP contribution in [-0.4, -0.2) is 14.4 Å². The van der Waals surface area contributed by atoms with Crippen LogP contribution >= 0.6 is 0 Å². The number of nitrogens with zero attached hydrogens (tertiary/aromatic N) is 3. The summed E-state index contributed by atoms with van der Waals surface area (Å²) in [5.41, 5.74) is 15.5. The first-order chi connectivity index (χ1) is 17.2. The highest BCUT2D eigenvalue weighted by Gasteiger charge is 2.34. The molecule has 0 spiro atoms. The summed E-state index contributed by atoms with van der Waals surface area (Å²) >= 11 is 0. The molecule has 35 heavy (non-hydrogen) atoms. The zero-order valence-corrected chi connectivity index (χ0v) is 19.7. The fraction of sp³-hybridized carbons (Fsp3) is 0.226. The lowest BCUT2D eigenvalue weighted by atomic mass is 9.72. The van der Waals surface area contributed by atoms with E-state index in [0.29, 0.717) is 5.92 Å². The summed E-state index contributed by atoms with van der Waals surface area (Å²) in [6, 6.07) is 29.8. The van der Waals surface area contributed by atoms with Crippen LogP contribution in [0.5, 0.6) is 0 Å². The lowest BCUT2D eigenvalue weighted by molar-refractivity contribution is 0.253. The molecule has 0 atom stereocenters. The van der Waals surface area contributed by atoms with E-state index in [1.165, 1.54) is 30.5 Å². The molecule has 7 rings (SSSR count). The second-order valence-electron chi connectivity index (χ2n) is 10.1. The van der Waals surface area contributed by atoms with E-state index in [-0.39, 0.29) is 5.54 Å². The number of rotatable bonds is 5. The average molecular weight is 457 g/mol. The first-order valence-corrected chi connectivity index (χ1v) is 12.6. The molecule has 2 N–H and O–H groups in total. The third-order valence-corrected chi connectivity index (χ3v) is 7.73. The molecule has 2 saturated carbocycles. The van der Waals surface area contributed by atoms with Gasteiger partial charge < -0.3 is 5.73 Å². The maximum Gasteiger partial charge on any atom is 0.235 e. The molecule has 2 aliphatic rings. The molecule has 0 aliphatic heterocycles. The van der Waals surface area contributed by atoms with E-state index in [1.807, 2.05) is 0 Å². The van der Waals surface area contributed by atoms with Crippen molar-refractivity contribution < 1.29 is 0 Å². The van der Waals surface area contributed by atoms with Crippen LogP contribution in [0.15, 0.2) is 91.1 Å². The predicted molar refractivity (Wildman–Crippen MR) is 141 cm³/mol. The Morgan fingerprint density at radius 2 is 1.31 bits per heavy atom. The standard InChI is InChI=1S/C31H28N4/c32-31(18-7-19-31)25-16-14-23(15-17-25)27-26(21-8-3-1-4-9-21)20-35-29(24-12-13-24)28(34-30(35)33-27)22-10-5-2-6-11-22/h1-6,8-11,14-17,20,24H,7,12-13,18-19,32H2. The SMILES string of the molecule is NC1(c2ccc(-c3nc4nc(-c5ccccc5)c(C5CC5)n4cc3-c3ccccc3)cc2)CCC1. The van der Waals surface area contributed by atoms with Gasteiger partial charge in [0.25, 0.3) is 0 Å². The zero-order chi connectivity index (χ0) is 23.4. The van der Waals surface area contributed by atoms with Crippen LogP contribution in [0.4, 0.5) is 0 Å². The summed E-state index contributed by atoms with van der Waals surface area (Å²) in [5, 5.41) is 0. The fourth-order valence-electron chi connectivity index (χ4n) is 5.40. The van der Waals surface area contributed by atoms with Crippen LogP contribution < -0.4 is 5.73 Å². The van der Waals surface area contributed by atoms with Gasteiger partial charge >= 0.3 is 0 Å². The Labute approximate surface area is 205 Å². The van der Waals surface area contributed by atoms with Gasteiger partial charge in [-0.1, -0.05) is 84.9 Å². The maximum absolute atomic E-state index is 6.59. The number of nitrogens with two attached hydrogens (primary N) is 1. The van der Waals surface area contributed by atoms with Gasteiger partial charge in [0, 0.05) is 34.3 Å². The van der Waals surface area contributed by atoms with Crippen molar-refractivity contribution in [1.82, 2.24) is 14.4 Å². The molecular formula is C31H28N4. The van der Waals surface area contributed by atoms with Crippen molar-refractivity contribution in [2.24, 2.45) is 5.73 Å². The van der Waals surface area contributed by atoms with Gasteiger partial charge in [0.2, 0.25) is 5.78 Å². The van der Waals surface area contributed by atoms with Crippen molar-refractivity contribution in [2.75, 3.05) is 0 Å². The molecule has 0 saturated heterocycles. The molecule has 2 aliphatic carbocycles. The summed E-state index contributed by atoms with van der Waals surface area (Å²) in [5.74, 6) is 1.30. The molecule has 0 amide bonds. The number of hydrogen-bond acceptors (Lipinski definition) is 3. The Bertz CT molecular complexity index is 1510. The number of hydrogen-bond donors (Lipinski definition) is 1. The van der Waals surface area contributed by atoms with E-state index in [1.54, 1.807) is 0 Å². The highest BCUT2D eigenvalue weighted by atomic mass is 15.1. The molecule has 4 heteroatoms. The van der Waals surface area contributed by atoms with E-state index in [0.717, 1.165) is 52.3 Å². The third-order valence-electron chi connectivity index (χ3n) is 7.73. The van der Waals surface area contributed by atoms with Crippen LogP contribution in [0.1, 0.15) is 49.3 Å². The van der Waals surface area contributed by atoms with Gasteiger partial charge in [0.1, 0.15) is 0 Å². The average Bonchev–Trinajstić information content (AvgIpc) is 3.67. The molecule has 2 aromatic heterocycles. The summed E-state index contributed by atoms with van der Waals surface area (Å²) in [6.07, 6.45) is 8.00. The minimum Gasteiger partial charge on any atom is -0.321 e. The number of aromatic nitrogens is 3. The van der Waals surface area contributed by atoms with E-state index in [9.17, 15) is 0 Å². The van der Waals surface area contributed by atoms with Gasteiger partial charge in [-0.2, -0.15) is 0 Å². The number of benzene rings is 3. The Balaban J connectivity index is 1.44. The summed E-state index contributed by atoms with van der Waals surface area (Å²) in [7, 11) is 0. The predicted octanol–water partition coefficient (Wildman–Crippen LogP) is 6.95. The highest BCUT2D eigenvalue weighted by molar-refractivity contribution is 5.82.